The van der Waals surface area contributed by atoms with Gasteiger partial charge in [0.25, 0.3) is 0 Å². The fourth-order valence-electron chi connectivity index (χ4n) is 5.48. The third kappa shape index (κ3) is 7.18. The van der Waals surface area contributed by atoms with Crippen molar-refractivity contribution >= 4 is 37.3 Å². The van der Waals surface area contributed by atoms with E-state index in [0.717, 1.165) is 34.2 Å². The molecule has 0 spiro atoms. The number of anilines is 1. The molecular formula is C27H33KN4O6S2. The Morgan fingerprint density at radius 2 is 1.50 bits per heavy atom. The number of rotatable bonds is 10. The number of hydrogen-bond donors (Lipinski definition) is 0. The van der Waals surface area contributed by atoms with E-state index < -0.39 is 42.6 Å². The molecule has 0 unspecified atom stereocenters. The van der Waals surface area contributed by atoms with Crippen LogP contribution in [0, 0.1) is 0 Å². The Labute approximate surface area is 279 Å². The summed E-state index contributed by atoms with van der Waals surface area (Å²) >= 11 is 0. The molecule has 0 aromatic carbocycles. The van der Waals surface area contributed by atoms with Gasteiger partial charge in [-0.3, -0.25) is 9.97 Å². The first-order valence-corrected chi connectivity index (χ1v) is 15.9. The molecule has 0 saturated heterocycles. The van der Waals surface area contributed by atoms with Crippen molar-refractivity contribution in [3.8, 4) is 0 Å². The predicted octanol–water partition coefficient (Wildman–Crippen LogP) is -0.0347. The fourth-order valence-corrected chi connectivity index (χ4v) is 6.44. The van der Waals surface area contributed by atoms with E-state index in [4.69, 9.17) is 0 Å². The summed E-state index contributed by atoms with van der Waals surface area (Å²) in [7, 11) is -8.66. The molecule has 2 aromatic rings. The van der Waals surface area contributed by atoms with Crippen LogP contribution in [0.25, 0.3) is 0 Å². The third-order valence-corrected chi connectivity index (χ3v) is 8.84. The Morgan fingerprint density at radius 1 is 0.900 bits per heavy atom. The Hall–Kier alpha value is -1.29. The van der Waals surface area contributed by atoms with Crippen molar-refractivity contribution in [2.75, 3.05) is 29.5 Å². The van der Waals surface area contributed by atoms with Crippen LogP contribution >= 0.6 is 0 Å². The van der Waals surface area contributed by atoms with Gasteiger partial charge in [0.15, 0.2) is 5.71 Å². The fraction of sp³-hybridized carbons (Fsp3) is 0.444. The summed E-state index contributed by atoms with van der Waals surface area (Å²) in [5, 5.41) is 0. The van der Waals surface area contributed by atoms with Gasteiger partial charge < -0.3 is 14.0 Å². The van der Waals surface area contributed by atoms with E-state index in [1.165, 1.54) is 0 Å². The minimum absolute atomic E-state index is 0. The van der Waals surface area contributed by atoms with Gasteiger partial charge in [-0.2, -0.15) is 4.58 Å². The number of fused-ring (bicyclic) bond motifs is 2. The average Bonchev–Trinajstić information content (AvgIpc) is 3.18. The molecule has 0 aliphatic carbocycles. The van der Waals surface area contributed by atoms with Crippen molar-refractivity contribution in [2.45, 2.75) is 51.4 Å². The van der Waals surface area contributed by atoms with Gasteiger partial charge in [-0.25, -0.2) is 16.8 Å². The van der Waals surface area contributed by atoms with Crippen LogP contribution in [-0.2, 0) is 31.1 Å². The zero-order valence-corrected chi connectivity index (χ0v) is 28.2. The molecular weight excluding hydrogens is 580 g/mol. The number of nitrogens with zero attached hydrogens (tertiary/aromatic N) is 4. The Morgan fingerprint density at radius 3 is 2.15 bits per heavy atom. The first-order chi connectivity index (χ1) is 18.1. The monoisotopic (exact) mass is 612 g/mol. The van der Waals surface area contributed by atoms with Gasteiger partial charge in [-0.15, -0.1) is 0 Å². The summed E-state index contributed by atoms with van der Waals surface area (Å²) in [5.41, 5.74) is 4.34. The number of allylic oxidation sites excluding steroid dienone is 4. The smallest absolute Gasteiger partial charge is 0.748 e. The molecule has 10 nitrogen and oxygen atoms in total. The molecule has 210 valence electrons. The van der Waals surface area contributed by atoms with Gasteiger partial charge >= 0.3 is 51.4 Å². The number of hydrogen-bond acceptors (Lipinski definition) is 9. The molecule has 2 aliphatic rings. The maximum atomic E-state index is 11.2. The van der Waals surface area contributed by atoms with Crippen molar-refractivity contribution in [3.63, 3.8) is 0 Å². The summed E-state index contributed by atoms with van der Waals surface area (Å²) in [4.78, 5) is 11.2. The minimum atomic E-state index is -4.33. The summed E-state index contributed by atoms with van der Waals surface area (Å²) in [6.45, 7) is 8.87. The van der Waals surface area contributed by atoms with Crippen molar-refractivity contribution in [2.24, 2.45) is 0 Å². The molecule has 4 rings (SSSR count). The summed E-state index contributed by atoms with van der Waals surface area (Å²) in [5.74, 6) is -0.901. The Balaban J connectivity index is 0.00000441. The van der Waals surface area contributed by atoms with E-state index in [1.807, 2.05) is 79.7 Å². The predicted molar refractivity (Wildman–Crippen MR) is 147 cm³/mol. The van der Waals surface area contributed by atoms with E-state index in [2.05, 4.69) is 9.97 Å². The molecule has 0 N–H and O–H groups in total. The van der Waals surface area contributed by atoms with Crippen LogP contribution in [0.15, 0.2) is 60.6 Å². The normalized spacial score (nSPS) is 18.8. The summed E-state index contributed by atoms with van der Waals surface area (Å²) in [6.07, 6.45) is 9.65. The molecule has 0 radical (unpaired) electrons. The van der Waals surface area contributed by atoms with Crippen LogP contribution in [0.3, 0.4) is 0 Å². The van der Waals surface area contributed by atoms with Crippen LogP contribution < -0.4 is 56.3 Å². The second kappa shape index (κ2) is 12.5. The Kier molecular flexibility index (Phi) is 10.4. The van der Waals surface area contributed by atoms with E-state index in [1.54, 1.807) is 12.4 Å². The molecule has 13 heteroatoms. The van der Waals surface area contributed by atoms with Crippen LogP contribution in [-0.4, -0.2) is 70.8 Å². The van der Waals surface area contributed by atoms with Gasteiger partial charge in [-0.05, 0) is 58.4 Å². The second-order valence-corrected chi connectivity index (χ2v) is 13.9. The van der Waals surface area contributed by atoms with Gasteiger partial charge in [0.1, 0.15) is 12.2 Å². The maximum absolute atomic E-state index is 11.2. The molecule has 40 heavy (non-hydrogen) atoms. The minimum Gasteiger partial charge on any atom is -0.748 e. The van der Waals surface area contributed by atoms with Gasteiger partial charge in [0, 0.05) is 60.1 Å². The SMILES string of the molecule is CC1(C)C(/C=C/C=C2/N(CCCS(=O)(=O)[O-])c3cccnc3C2(C)C)=[N+](CCCS(=O)(=O)[O-])c2cccnc21.[K+]. The Bertz CT molecular complexity index is 1580. The first kappa shape index (κ1) is 33.2. The van der Waals surface area contributed by atoms with Crippen LogP contribution in [0.1, 0.15) is 51.9 Å². The maximum Gasteiger partial charge on any atom is 1.00 e. The molecule has 2 aromatic heterocycles. The average molecular weight is 613 g/mol. The molecule has 0 amide bonds. The number of aromatic nitrogens is 2. The van der Waals surface area contributed by atoms with Crippen molar-refractivity contribution < 1.29 is 81.9 Å². The third-order valence-electron chi connectivity index (χ3n) is 7.26. The molecule has 2 aliphatic heterocycles. The van der Waals surface area contributed by atoms with Gasteiger partial charge in [0.05, 0.1) is 37.0 Å². The zero-order chi connectivity index (χ0) is 28.6. The van der Waals surface area contributed by atoms with Crippen LogP contribution in [0.5, 0.6) is 0 Å². The standard InChI is InChI=1S/C27H34N4O6S2.K/c1-26(2)22(30(16-8-18-38(32,33)34)20-10-6-14-28-24(20)26)12-5-13-23-27(3,4)25-21(11-7-15-29-25)31(23)17-9-19-39(35,36)37;/h5-7,10-15H,8-9,16-19H2,1-4H3,(H-,32,33,34,35,36,37);/q;+1/p-1. The van der Waals surface area contributed by atoms with Crippen LogP contribution in [0.2, 0.25) is 0 Å². The first-order valence-electron chi connectivity index (χ1n) is 12.7. The van der Waals surface area contributed by atoms with Gasteiger partial charge in [0.2, 0.25) is 5.69 Å². The van der Waals surface area contributed by atoms with Gasteiger partial charge in [-0.1, -0.05) is 6.08 Å². The van der Waals surface area contributed by atoms with E-state index in [0.29, 0.717) is 13.1 Å². The van der Waals surface area contributed by atoms with Crippen molar-refractivity contribution in [1.29, 1.82) is 0 Å². The molecule has 0 fully saturated rings. The van der Waals surface area contributed by atoms with E-state index in [9.17, 15) is 25.9 Å². The molecule has 4 heterocycles. The molecule has 0 bridgehead atoms. The van der Waals surface area contributed by atoms with Crippen LogP contribution in [0.4, 0.5) is 11.4 Å². The quantitative estimate of drug-likeness (QED) is 0.205. The molecule has 0 atom stereocenters. The number of pyridine rings is 2. The summed E-state index contributed by atoms with van der Waals surface area (Å²) in [6, 6.07) is 7.52. The van der Waals surface area contributed by atoms with Crippen molar-refractivity contribution in [3.05, 3.63) is 72.0 Å². The second-order valence-electron chi connectivity index (χ2n) is 10.8. The topological polar surface area (TPSA) is 146 Å². The summed E-state index contributed by atoms with van der Waals surface area (Å²) < 4.78 is 69.3. The molecule has 0 saturated carbocycles. The van der Waals surface area contributed by atoms with E-state index >= 15 is 0 Å². The zero-order valence-electron chi connectivity index (χ0n) is 23.5. The largest absolute Gasteiger partial charge is 1.00 e. The van der Waals surface area contributed by atoms with Crippen molar-refractivity contribution in [1.82, 2.24) is 9.97 Å². The van der Waals surface area contributed by atoms with E-state index in [-0.39, 0.29) is 64.2 Å².